The van der Waals surface area contributed by atoms with Crippen LogP contribution in [0.2, 0.25) is 0 Å². The van der Waals surface area contributed by atoms with Gasteiger partial charge in [0.05, 0.1) is 0 Å². The monoisotopic (exact) mass is 582 g/mol. The van der Waals surface area contributed by atoms with Crippen LogP contribution in [0.15, 0.2) is 54.6 Å². The maximum atomic E-state index is 2.24. The molecule has 0 spiro atoms. The summed E-state index contributed by atoms with van der Waals surface area (Å²) in [6.07, 6.45) is 0. The van der Waals surface area contributed by atoms with Crippen LogP contribution in [0.1, 0.15) is 0 Å². The summed E-state index contributed by atoms with van der Waals surface area (Å²) in [7, 11) is 0. The Hall–Kier alpha value is 0.620. The number of rotatable bonds is 0. The van der Waals surface area contributed by atoms with Crippen LogP contribution < -0.4 is 50.9 Å². The Bertz CT molecular complexity index is 524. The van der Waals surface area contributed by atoms with Crippen LogP contribution in [0.5, 0.6) is 0 Å². The second kappa shape index (κ2) is 8.68. The van der Waals surface area contributed by atoms with Crippen LogP contribution in [0.3, 0.4) is 0 Å². The zero-order chi connectivity index (χ0) is 8.67. The van der Waals surface area contributed by atoms with Crippen LogP contribution in [0.4, 0.5) is 0 Å². The molecule has 0 atom stereocenters. The molecule has 3 rings (SSSR count). The first-order valence-corrected chi connectivity index (χ1v) is 4.48. The Morgan fingerprint density at radius 2 is 0.941 bits per heavy atom. The zero-order valence-electron chi connectivity index (χ0n) is 8.83. The number of benzene rings is 2. The van der Waals surface area contributed by atoms with Gasteiger partial charge in [-0.05, 0) is 0 Å². The van der Waals surface area contributed by atoms with Crippen molar-refractivity contribution < 1.29 is 76.8 Å². The average molecular weight is 583 g/mol. The minimum atomic E-state index is 0. The van der Waals surface area contributed by atoms with E-state index < -0.39 is 0 Å². The fraction of sp³-hybridized carbons (Fsp3) is 0. The third-order valence-electron chi connectivity index (χ3n) is 2.52. The second-order valence-electron chi connectivity index (χ2n) is 3.32. The van der Waals surface area contributed by atoms with Gasteiger partial charge in [-0.15, -0.1) is 39.7 Å². The quantitative estimate of drug-likeness (QED) is 0.184. The van der Waals surface area contributed by atoms with Gasteiger partial charge in [-0.25, -0.2) is 0 Å². The van der Waals surface area contributed by atoms with Crippen molar-refractivity contribution in [1.82, 2.24) is 0 Å². The van der Waals surface area contributed by atoms with Gasteiger partial charge in [0.25, 0.3) is 0 Å². The molecule has 0 aliphatic carbocycles. The first-order chi connectivity index (χ1) is 6.45. The van der Waals surface area contributed by atoms with Crippen LogP contribution in [-0.4, -0.2) is 0 Å². The fourth-order valence-electron chi connectivity index (χ4n) is 1.90. The molecule has 0 nitrogen and oxygen atoms in total. The van der Waals surface area contributed by atoms with Crippen molar-refractivity contribution in [3.63, 3.8) is 0 Å². The molecule has 3 aromatic rings. The first-order valence-electron chi connectivity index (χ1n) is 4.48. The standard InChI is InChI=1S/C13H9.3BrH.Hf/c1-3-7-12-10(5-1)9-11-6-2-4-8-13(11)12;;;;/h1-9H;3*1H;/q-1;;;;+4/p-3. The Labute approximate surface area is 151 Å². The number of fused-ring (bicyclic) bond motifs is 3. The van der Waals surface area contributed by atoms with Crippen molar-refractivity contribution >= 4 is 21.5 Å². The van der Waals surface area contributed by atoms with Crippen LogP contribution in [0.25, 0.3) is 21.5 Å². The molecule has 0 unspecified atom stereocenters. The molecule has 0 aliphatic heterocycles. The van der Waals surface area contributed by atoms with Crippen LogP contribution in [-0.2, 0) is 25.8 Å². The van der Waals surface area contributed by atoms with Gasteiger partial charge in [-0.3, -0.25) is 0 Å². The van der Waals surface area contributed by atoms with Crippen molar-refractivity contribution in [2.75, 3.05) is 0 Å². The van der Waals surface area contributed by atoms with Crippen LogP contribution in [0, 0.1) is 0 Å². The third kappa shape index (κ3) is 3.79. The van der Waals surface area contributed by atoms with Crippen molar-refractivity contribution in [3.05, 3.63) is 54.6 Å². The summed E-state index contributed by atoms with van der Waals surface area (Å²) in [6, 6.07) is 19.3. The van der Waals surface area contributed by atoms with Gasteiger partial charge in [-0.2, -0.15) is 0 Å². The van der Waals surface area contributed by atoms with Crippen LogP contribution >= 0.6 is 0 Å². The number of hydrogen-bond donors (Lipinski definition) is 0. The van der Waals surface area contributed by atoms with Crippen molar-refractivity contribution in [2.24, 2.45) is 0 Å². The first kappa shape index (κ1) is 19.9. The fourth-order valence-corrected chi connectivity index (χ4v) is 1.90. The maximum absolute atomic E-state index is 2.24. The van der Waals surface area contributed by atoms with Gasteiger partial charge < -0.3 is 50.9 Å². The molecular weight excluding hydrogens is 574 g/mol. The summed E-state index contributed by atoms with van der Waals surface area (Å²) in [5, 5.41) is 5.39. The summed E-state index contributed by atoms with van der Waals surface area (Å²) in [5.41, 5.74) is 0. The molecule has 0 fully saturated rings. The van der Waals surface area contributed by atoms with E-state index in [1.807, 2.05) is 0 Å². The second-order valence-corrected chi connectivity index (χ2v) is 3.32. The predicted octanol–water partition coefficient (Wildman–Crippen LogP) is -5.28. The van der Waals surface area contributed by atoms with Gasteiger partial charge in [0.2, 0.25) is 0 Å². The summed E-state index contributed by atoms with van der Waals surface area (Å²) in [4.78, 5) is 0. The molecule has 86 valence electrons. The molecule has 3 aromatic carbocycles. The molecule has 0 aromatic heterocycles. The minimum Gasteiger partial charge on any atom is -1.00 e. The van der Waals surface area contributed by atoms with E-state index in [4.69, 9.17) is 0 Å². The average Bonchev–Trinajstić information content (AvgIpc) is 2.56. The summed E-state index contributed by atoms with van der Waals surface area (Å²) >= 11 is 0. The molecule has 0 aliphatic rings. The molecule has 0 saturated heterocycles. The SMILES string of the molecule is [Br-].[Br-].[Br-].[Hf+4].c1ccc2c(c1)[cH-]c1ccccc12. The van der Waals surface area contributed by atoms with E-state index in [0.717, 1.165) is 0 Å². The molecular formula is C13H9Br3Hf. The molecule has 0 saturated carbocycles. The minimum absolute atomic E-state index is 0. The van der Waals surface area contributed by atoms with E-state index in [9.17, 15) is 0 Å². The molecule has 4 heteroatoms. The smallest absolute Gasteiger partial charge is 1.00 e. The topological polar surface area (TPSA) is 0 Å². The van der Waals surface area contributed by atoms with Gasteiger partial charge in [0, 0.05) is 0 Å². The summed E-state index contributed by atoms with van der Waals surface area (Å²) < 4.78 is 0. The van der Waals surface area contributed by atoms with Gasteiger partial charge in [-0.1, -0.05) is 36.4 Å². The largest absolute Gasteiger partial charge is 4.00 e. The van der Waals surface area contributed by atoms with Crippen molar-refractivity contribution in [1.29, 1.82) is 0 Å². The van der Waals surface area contributed by atoms with E-state index in [-0.39, 0.29) is 76.8 Å². The van der Waals surface area contributed by atoms with Gasteiger partial charge >= 0.3 is 25.8 Å². The van der Waals surface area contributed by atoms with E-state index in [1.54, 1.807) is 0 Å². The van der Waals surface area contributed by atoms with Gasteiger partial charge in [0.1, 0.15) is 0 Å². The Balaban J connectivity index is 0. The molecule has 17 heavy (non-hydrogen) atoms. The normalized spacial score (nSPS) is 8.47. The zero-order valence-corrected chi connectivity index (χ0v) is 17.2. The summed E-state index contributed by atoms with van der Waals surface area (Å²) in [6.45, 7) is 0. The Kier molecular flexibility index (Phi) is 10.2. The van der Waals surface area contributed by atoms with Gasteiger partial charge in [0.15, 0.2) is 0 Å². The molecule has 0 radical (unpaired) electrons. The Morgan fingerprint density at radius 3 is 1.35 bits per heavy atom. The molecule has 0 heterocycles. The summed E-state index contributed by atoms with van der Waals surface area (Å²) in [5.74, 6) is 0. The van der Waals surface area contributed by atoms with E-state index in [1.165, 1.54) is 21.5 Å². The molecule has 0 amide bonds. The van der Waals surface area contributed by atoms with E-state index in [2.05, 4.69) is 54.6 Å². The Morgan fingerprint density at radius 1 is 0.588 bits per heavy atom. The van der Waals surface area contributed by atoms with E-state index >= 15 is 0 Å². The number of hydrogen-bond acceptors (Lipinski definition) is 0. The van der Waals surface area contributed by atoms with Crippen molar-refractivity contribution in [3.8, 4) is 0 Å². The van der Waals surface area contributed by atoms with E-state index in [0.29, 0.717) is 0 Å². The third-order valence-corrected chi connectivity index (χ3v) is 2.52. The molecule has 0 N–H and O–H groups in total. The van der Waals surface area contributed by atoms with Crippen molar-refractivity contribution in [2.45, 2.75) is 0 Å². The number of halogens is 3. The predicted molar refractivity (Wildman–Crippen MR) is 57.0 cm³/mol. The maximum Gasteiger partial charge on any atom is 4.00 e. The molecule has 0 bridgehead atoms.